The Hall–Kier alpha value is -2.38. The average Bonchev–Trinajstić information content (AvgIpc) is 2.90. The van der Waals surface area contributed by atoms with Crippen LogP contribution in [0.1, 0.15) is 16.7 Å². The Kier molecular flexibility index (Phi) is 3.85. The normalized spacial score (nSPS) is 13.3. The lowest BCUT2D eigenvalue weighted by molar-refractivity contribution is 0.648. The van der Waals surface area contributed by atoms with Crippen LogP contribution in [0.25, 0.3) is 0 Å². The zero-order valence-corrected chi connectivity index (χ0v) is 12.3. The van der Waals surface area contributed by atoms with Crippen molar-refractivity contribution in [2.45, 2.75) is 18.9 Å². The van der Waals surface area contributed by atoms with E-state index in [1.54, 1.807) is 12.1 Å². The van der Waals surface area contributed by atoms with Gasteiger partial charge in [0.05, 0.1) is 11.6 Å². The smallest absolute Gasteiger partial charge is 0.171 e. The summed E-state index contributed by atoms with van der Waals surface area (Å²) in [5, 5.41) is 15.9. The quantitative estimate of drug-likeness (QED) is 0.836. The minimum absolute atomic E-state index is 0.348. The molecule has 0 aromatic heterocycles. The SMILES string of the molecule is N#Cc1ccc(NC(=S)NC2Cc3ccccc3C2)cc1. The zero-order valence-electron chi connectivity index (χ0n) is 11.5. The lowest BCUT2D eigenvalue weighted by Crippen LogP contribution is -2.38. The van der Waals surface area contributed by atoms with Gasteiger partial charge in [-0.25, -0.2) is 0 Å². The van der Waals surface area contributed by atoms with Crippen LogP contribution in [0.3, 0.4) is 0 Å². The molecule has 4 heteroatoms. The third-order valence-electron chi connectivity index (χ3n) is 3.66. The van der Waals surface area contributed by atoms with E-state index in [0.717, 1.165) is 18.5 Å². The predicted octanol–water partition coefficient (Wildman–Crippen LogP) is 3.01. The number of hydrogen-bond acceptors (Lipinski definition) is 2. The van der Waals surface area contributed by atoms with Gasteiger partial charge in [-0.3, -0.25) is 0 Å². The number of hydrogen-bond donors (Lipinski definition) is 2. The highest BCUT2D eigenvalue weighted by Gasteiger charge is 2.21. The molecule has 0 radical (unpaired) electrons. The molecule has 21 heavy (non-hydrogen) atoms. The number of thiocarbonyl (C=S) groups is 1. The molecule has 1 aliphatic rings. The second-order valence-corrected chi connectivity index (χ2v) is 5.57. The third-order valence-corrected chi connectivity index (χ3v) is 3.88. The molecule has 1 aliphatic carbocycles. The van der Waals surface area contributed by atoms with Crippen LogP contribution in [0, 0.1) is 11.3 Å². The standard InChI is InChI=1S/C17H15N3S/c18-11-12-5-7-15(8-6-12)19-17(21)20-16-9-13-3-1-2-4-14(13)10-16/h1-8,16H,9-10H2,(H2,19,20,21). The van der Waals surface area contributed by atoms with Crippen molar-refractivity contribution in [3.8, 4) is 6.07 Å². The highest BCUT2D eigenvalue weighted by molar-refractivity contribution is 7.80. The molecule has 0 fully saturated rings. The van der Waals surface area contributed by atoms with Gasteiger partial charge < -0.3 is 10.6 Å². The maximum atomic E-state index is 8.78. The van der Waals surface area contributed by atoms with Gasteiger partial charge in [0.25, 0.3) is 0 Å². The molecule has 2 aromatic rings. The van der Waals surface area contributed by atoms with Crippen molar-refractivity contribution in [1.82, 2.24) is 5.32 Å². The molecule has 0 atom stereocenters. The fraction of sp³-hybridized carbons (Fsp3) is 0.176. The fourth-order valence-corrected chi connectivity index (χ4v) is 2.93. The number of nitrogens with zero attached hydrogens (tertiary/aromatic N) is 1. The van der Waals surface area contributed by atoms with Gasteiger partial charge in [0, 0.05) is 11.7 Å². The van der Waals surface area contributed by atoms with Gasteiger partial charge >= 0.3 is 0 Å². The fourth-order valence-electron chi connectivity index (χ4n) is 2.64. The predicted molar refractivity (Wildman–Crippen MR) is 88.2 cm³/mol. The molecule has 0 unspecified atom stereocenters. The Morgan fingerprint density at radius 1 is 1.05 bits per heavy atom. The van der Waals surface area contributed by atoms with Gasteiger partial charge in [-0.1, -0.05) is 24.3 Å². The van der Waals surface area contributed by atoms with Crippen molar-refractivity contribution >= 4 is 23.0 Å². The van der Waals surface area contributed by atoms with Crippen molar-refractivity contribution in [2.75, 3.05) is 5.32 Å². The van der Waals surface area contributed by atoms with E-state index in [9.17, 15) is 0 Å². The average molecular weight is 293 g/mol. The Morgan fingerprint density at radius 3 is 2.24 bits per heavy atom. The van der Waals surface area contributed by atoms with Crippen LogP contribution in [0.15, 0.2) is 48.5 Å². The first-order chi connectivity index (χ1) is 10.2. The van der Waals surface area contributed by atoms with E-state index in [1.165, 1.54) is 11.1 Å². The molecule has 3 nitrogen and oxygen atoms in total. The van der Waals surface area contributed by atoms with Crippen molar-refractivity contribution in [1.29, 1.82) is 5.26 Å². The number of benzene rings is 2. The van der Waals surface area contributed by atoms with Gasteiger partial charge in [-0.15, -0.1) is 0 Å². The molecule has 0 spiro atoms. The summed E-state index contributed by atoms with van der Waals surface area (Å²) in [4.78, 5) is 0. The Morgan fingerprint density at radius 2 is 1.67 bits per heavy atom. The van der Waals surface area contributed by atoms with Gasteiger partial charge in [-0.05, 0) is 60.5 Å². The van der Waals surface area contributed by atoms with E-state index in [-0.39, 0.29) is 0 Å². The Bertz CT molecular complexity index is 676. The van der Waals surface area contributed by atoms with Crippen molar-refractivity contribution < 1.29 is 0 Å². The van der Waals surface area contributed by atoms with Crippen molar-refractivity contribution in [2.24, 2.45) is 0 Å². The highest BCUT2D eigenvalue weighted by Crippen LogP contribution is 2.21. The van der Waals surface area contributed by atoms with Crippen LogP contribution < -0.4 is 10.6 Å². The van der Waals surface area contributed by atoms with E-state index < -0.39 is 0 Å². The number of rotatable bonds is 2. The molecule has 0 saturated heterocycles. The molecule has 2 N–H and O–H groups in total. The van der Waals surface area contributed by atoms with E-state index in [1.807, 2.05) is 12.1 Å². The largest absolute Gasteiger partial charge is 0.359 e. The van der Waals surface area contributed by atoms with Gasteiger partial charge in [0.1, 0.15) is 0 Å². The highest BCUT2D eigenvalue weighted by atomic mass is 32.1. The van der Waals surface area contributed by atoms with Crippen molar-refractivity contribution in [3.63, 3.8) is 0 Å². The number of anilines is 1. The Balaban J connectivity index is 1.57. The van der Waals surface area contributed by atoms with Crippen LogP contribution in [0.2, 0.25) is 0 Å². The number of nitrogens with one attached hydrogen (secondary N) is 2. The maximum absolute atomic E-state index is 8.78. The van der Waals surface area contributed by atoms with Crippen LogP contribution in [-0.4, -0.2) is 11.2 Å². The second-order valence-electron chi connectivity index (χ2n) is 5.16. The van der Waals surface area contributed by atoms with Crippen molar-refractivity contribution in [3.05, 3.63) is 65.2 Å². The van der Waals surface area contributed by atoms with Gasteiger partial charge in [0.15, 0.2) is 5.11 Å². The summed E-state index contributed by atoms with van der Waals surface area (Å²) in [6, 6.07) is 18.2. The summed E-state index contributed by atoms with van der Waals surface area (Å²) in [5.41, 5.74) is 4.33. The summed E-state index contributed by atoms with van der Waals surface area (Å²) in [5.74, 6) is 0. The minimum atomic E-state index is 0.348. The summed E-state index contributed by atoms with van der Waals surface area (Å²) in [6.07, 6.45) is 2.01. The molecular formula is C17H15N3S. The monoisotopic (exact) mass is 293 g/mol. The topological polar surface area (TPSA) is 47.9 Å². The summed E-state index contributed by atoms with van der Waals surface area (Å²) in [7, 11) is 0. The molecule has 3 rings (SSSR count). The molecular weight excluding hydrogens is 278 g/mol. The minimum Gasteiger partial charge on any atom is -0.359 e. The first-order valence-corrected chi connectivity index (χ1v) is 7.30. The van der Waals surface area contributed by atoms with Crippen LogP contribution in [-0.2, 0) is 12.8 Å². The first kappa shape index (κ1) is 13.6. The summed E-state index contributed by atoms with van der Waals surface area (Å²) < 4.78 is 0. The molecule has 2 aromatic carbocycles. The van der Waals surface area contributed by atoms with Crippen LogP contribution in [0.4, 0.5) is 5.69 Å². The molecule has 104 valence electrons. The second kappa shape index (κ2) is 5.94. The van der Waals surface area contributed by atoms with E-state index in [2.05, 4.69) is 41.0 Å². The van der Waals surface area contributed by atoms with Crippen LogP contribution in [0.5, 0.6) is 0 Å². The molecule has 0 amide bonds. The van der Waals surface area contributed by atoms with Crippen LogP contribution >= 0.6 is 12.2 Å². The third kappa shape index (κ3) is 3.21. The van der Waals surface area contributed by atoms with Gasteiger partial charge in [-0.2, -0.15) is 5.26 Å². The number of nitriles is 1. The molecule has 0 saturated carbocycles. The van der Waals surface area contributed by atoms with E-state index in [4.69, 9.17) is 17.5 Å². The summed E-state index contributed by atoms with van der Waals surface area (Å²) in [6.45, 7) is 0. The molecule has 0 aliphatic heterocycles. The van der Waals surface area contributed by atoms with E-state index in [0.29, 0.717) is 16.7 Å². The molecule has 0 heterocycles. The molecule has 0 bridgehead atoms. The zero-order chi connectivity index (χ0) is 14.7. The number of fused-ring (bicyclic) bond motifs is 1. The maximum Gasteiger partial charge on any atom is 0.171 e. The Labute approximate surface area is 129 Å². The first-order valence-electron chi connectivity index (χ1n) is 6.89. The van der Waals surface area contributed by atoms with Gasteiger partial charge in [0.2, 0.25) is 0 Å². The summed E-state index contributed by atoms with van der Waals surface area (Å²) >= 11 is 5.36. The lowest BCUT2D eigenvalue weighted by Gasteiger charge is -2.15. The lowest BCUT2D eigenvalue weighted by atomic mass is 10.1. The van der Waals surface area contributed by atoms with E-state index >= 15 is 0 Å².